The smallest absolute Gasteiger partial charge is 0.407 e. The van der Waals surface area contributed by atoms with Gasteiger partial charge in [-0.15, -0.1) is 11.3 Å². The Labute approximate surface area is 179 Å². The fourth-order valence-electron chi connectivity index (χ4n) is 3.28. The van der Waals surface area contributed by atoms with Crippen molar-refractivity contribution in [3.63, 3.8) is 0 Å². The normalized spacial score (nSPS) is 19.1. The number of aromatic nitrogens is 3. The molecule has 1 fully saturated rings. The zero-order chi connectivity index (χ0) is 22.2. The van der Waals surface area contributed by atoms with Gasteiger partial charge in [0.15, 0.2) is 5.78 Å². The SMILES string of the molecule is CC(=O)c1csc([C@@H]2C[C@@H](NC(=O)OC(C)(C)C)CN2C(=O)c2cn(C)c(C)n2)n1. The van der Waals surface area contributed by atoms with Crippen molar-refractivity contribution >= 4 is 29.1 Å². The molecule has 1 N–H and O–H groups in total. The Kier molecular flexibility index (Phi) is 5.98. The van der Waals surface area contributed by atoms with Crippen molar-refractivity contribution in [2.45, 2.75) is 58.7 Å². The second-order valence-corrected chi connectivity index (χ2v) is 9.35. The van der Waals surface area contributed by atoms with E-state index in [-0.39, 0.29) is 23.8 Å². The number of carbonyl (C=O) groups excluding carboxylic acids is 3. The first-order chi connectivity index (χ1) is 13.9. The molecule has 1 aliphatic heterocycles. The number of alkyl carbamates (subject to hydrolysis) is 1. The number of nitrogens with one attached hydrogen (secondary N) is 1. The van der Waals surface area contributed by atoms with Crippen LogP contribution in [0.2, 0.25) is 0 Å². The minimum atomic E-state index is -0.616. The lowest BCUT2D eigenvalue weighted by Gasteiger charge is -2.22. The van der Waals surface area contributed by atoms with Gasteiger partial charge in [0.05, 0.1) is 12.1 Å². The monoisotopic (exact) mass is 433 g/mol. The Hall–Kier alpha value is -2.75. The number of carbonyl (C=O) groups is 3. The van der Waals surface area contributed by atoms with Crippen molar-refractivity contribution in [3.05, 3.63) is 33.8 Å². The van der Waals surface area contributed by atoms with E-state index in [0.717, 1.165) is 5.82 Å². The first-order valence-corrected chi connectivity index (χ1v) is 10.6. The first-order valence-electron chi connectivity index (χ1n) is 9.71. The van der Waals surface area contributed by atoms with Gasteiger partial charge in [-0.25, -0.2) is 14.8 Å². The predicted molar refractivity (Wildman–Crippen MR) is 112 cm³/mol. The summed E-state index contributed by atoms with van der Waals surface area (Å²) in [6.07, 6.45) is 1.63. The highest BCUT2D eigenvalue weighted by Crippen LogP contribution is 2.35. The van der Waals surface area contributed by atoms with Gasteiger partial charge in [0.1, 0.15) is 27.8 Å². The van der Waals surface area contributed by atoms with Crippen molar-refractivity contribution in [1.82, 2.24) is 24.8 Å². The lowest BCUT2D eigenvalue weighted by atomic mass is 10.1. The lowest BCUT2D eigenvalue weighted by molar-refractivity contribution is 0.0501. The third-order valence-corrected chi connectivity index (χ3v) is 5.72. The van der Waals surface area contributed by atoms with Crippen LogP contribution in [0.25, 0.3) is 0 Å². The summed E-state index contributed by atoms with van der Waals surface area (Å²) >= 11 is 1.34. The third kappa shape index (κ3) is 4.86. The molecule has 1 saturated heterocycles. The summed E-state index contributed by atoms with van der Waals surface area (Å²) in [7, 11) is 1.83. The van der Waals surface area contributed by atoms with Crippen molar-refractivity contribution in [1.29, 1.82) is 0 Å². The first kappa shape index (κ1) is 21.9. The second-order valence-electron chi connectivity index (χ2n) is 8.46. The van der Waals surface area contributed by atoms with Gasteiger partial charge in [0.25, 0.3) is 5.91 Å². The Morgan fingerprint density at radius 3 is 2.47 bits per heavy atom. The lowest BCUT2D eigenvalue weighted by Crippen LogP contribution is -2.41. The summed E-state index contributed by atoms with van der Waals surface area (Å²) in [4.78, 5) is 47.5. The molecule has 10 heteroatoms. The van der Waals surface area contributed by atoms with Crippen LogP contribution in [-0.2, 0) is 11.8 Å². The molecular weight excluding hydrogens is 406 g/mol. The molecule has 0 unspecified atom stereocenters. The second kappa shape index (κ2) is 8.17. The van der Waals surface area contributed by atoms with Crippen molar-refractivity contribution in [2.75, 3.05) is 6.54 Å². The van der Waals surface area contributed by atoms with Crippen molar-refractivity contribution < 1.29 is 19.1 Å². The maximum Gasteiger partial charge on any atom is 0.407 e. The standard InChI is InChI=1S/C20H27N5O4S/c1-11(26)15-10-30-17(23-15)16-7-13(22-19(28)29-20(3,4)5)8-25(16)18(27)14-9-24(6)12(2)21-14/h9-10,13,16H,7-8H2,1-6H3,(H,22,28)/t13-,16+/m1/s1. The highest BCUT2D eigenvalue weighted by molar-refractivity contribution is 7.09. The number of ether oxygens (including phenoxy) is 1. The Morgan fingerprint density at radius 2 is 1.93 bits per heavy atom. The number of Topliss-reactive ketones (excluding diaryl/α,β-unsaturated/α-hetero) is 1. The number of hydrogen-bond donors (Lipinski definition) is 1. The molecule has 0 bridgehead atoms. The van der Waals surface area contributed by atoms with Crippen LogP contribution in [0.3, 0.4) is 0 Å². The largest absolute Gasteiger partial charge is 0.444 e. The van der Waals surface area contributed by atoms with E-state index >= 15 is 0 Å². The average Bonchev–Trinajstić information content (AvgIpc) is 3.31. The van der Waals surface area contributed by atoms with Gasteiger partial charge in [0, 0.05) is 32.1 Å². The van der Waals surface area contributed by atoms with Crippen LogP contribution in [0.1, 0.15) is 72.0 Å². The molecule has 0 spiro atoms. The van der Waals surface area contributed by atoms with Crippen LogP contribution in [0.4, 0.5) is 4.79 Å². The van der Waals surface area contributed by atoms with Crippen LogP contribution >= 0.6 is 11.3 Å². The molecule has 3 heterocycles. The van der Waals surface area contributed by atoms with Gasteiger partial charge in [-0.2, -0.15) is 0 Å². The van der Waals surface area contributed by atoms with E-state index in [2.05, 4.69) is 15.3 Å². The quantitative estimate of drug-likeness (QED) is 0.743. The van der Waals surface area contributed by atoms with E-state index in [0.29, 0.717) is 29.4 Å². The van der Waals surface area contributed by atoms with Crippen LogP contribution in [0.5, 0.6) is 0 Å². The van der Waals surface area contributed by atoms with Gasteiger partial charge < -0.3 is 19.5 Å². The van der Waals surface area contributed by atoms with Gasteiger partial charge in [-0.05, 0) is 34.1 Å². The minimum Gasteiger partial charge on any atom is -0.444 e. The predicted octanol–water partition coefficient (Wildman–Crippen LogP) is 2.87. The molecule has 3 rings (SSSR count). The summed E-state index contributed by atoms with van der Waals surface area (Å²) in [5.74, 6) is 0.361. The Morgan fingerprint density at radius 1 is 1.23 bits per heavy atom. The van der Waals surface area contributed by atoms with E-state index in [1.165, 1.54) is 18.3 Å². The Balaban J connectivity index is 1.85. The molecule has 2 amide bonds. The molecule has 162 valence electrons. The maximum atomic E-state index is 13.2. The van der Waals surface area contributed by atoms with Crippen molar-refractivity contribution in [2.24, 2.45) is 7.05 Å². The highest BCUT2D eigenvalue weighted by atomic mass is 32.1. The number of aryl methyl sites for hydroxylation is 2. The van der Waals surface area contributed by atoms with Crippen molar-refractivity contribution in [3.8, 4) is 0 Å². The summed E-state index contributed by atoms with van der Waals surface area (Å²) in [5.41, 5.74) is 0.0929. The van der Waals surface area contributed by atoms with Crippen LogP contribution in [0.15, 0.2) is 11.6 Å². The number of nitrogens with zero attached hydrogens (tertiary/aromatic N) is 4. The molecule has 2 aromatic heterocycles. The molecule has 0 aliphatic carbocycles. The van der Waals surface area contributed by atoms with E-state index in [1.54, 1.807) is 41.8 Å². The van der Waals surface area contributed by atoms with Gasteiger partial charge >= 0.3 is 6.09 Å². The number of likely N-dealkylation sites (tertiary alicyclic amines) is 1. The number of ketones is 1. The minimum absolute atomic E-state index is 0.128. The maximum absolute atomic E-state index is 13.2. The van der Waals surface area contributed by atoms with E-state index < -0.39 is 11.7 Å². The van der Waals surface area contributed by atoms with E-state index in [4.69, 9.17) is 4.74 Å². The summed E-state index contributed by atoms with van der Waals surface area (Å²) in [5, 5.41) is 5.20. The van der Waals surface area contributed by atoms with Crippen LogP contribution in [0, 0.1) is 6.92 Å². The van der Waals surface area contributed by atoms with Crippen LogP contribution in [-0.4, -0.2) is 55.4 Å². The van der Waals surface area contributed by atoms with Gasteiger partial charge in [0.2, 0.25) is 0 Å². The fourth-order valence-corrected chi connectivity index (χ4v) is 4.27. The summed E-state index contributed by atoms with van der Waals surface area (Å²) in [6.45, 7) is 8.96. The topological polar surface area (TPSA) is 106 Å². The van der Waals surface area contributed by atoms with E-state index in [1.807, 2.05) is 14.0 Å². The van der Waals surface area contributed by atoms with Crippen LogP contribution < -0.4 is 5.32 Å². The number of rotatable bonds is 4. The van der Waals surface area contributed by atoms with Gasteiger partial charge in [-0.3, -0.25) is 9.59 Å². The molecule has 2 aromatic rings. The number of imidazole rings is 1. The average molecular weight is 434 g/mol. The molecule has 30 heavy (non-hydrogen) atoms. The zero-order valence-corrected chi connectivity index (χ0v) is 18.9. The summed E-state index contributed by atoms with van der Waals surface area (Å²) < 4.78 is 7.13. The molecule has 9 nitrogen and oxygen atoms in total. The molecule has 0 aromatic carbocycles. The molecule has 0 saturated carbocycles. The molecule has 1 aliphatic rings. The highest BCUT2D eigenvalue weighted by Gasteiger charge is 2.40. The fraction of sp³-hybridized carbons (Fsp3) is 0.550. The molecule has 0 radical (unpaired) electrons. The third-order valence-electron chi connectivity index (χ3n) is 4.78. The van der Waals surface area contributed by atoms with E-state index in [9.17, 15) is 14.4 Å². The number of hydrogen-bond acceptors (Lipinski definition) is 7. The number of thiazole rings is 1. The molecule has 2 atom stereocenters. The number of amides is 2. The summed E-state index contributed by atoms with van der Waals surface area (Å²) in [6, 6.07) is -0.666. The Bertz CT molecular complexity index is 955. The zero-order valence-electron chi connectivity index (χ0n) is 18.1. The molecular formula is C20H27N5O4S. The van der Waals surface area contributed by atoms with Gasteiger partial charge in [-0.1, -0.05) is 0 Å².